The van der Waals surface area contributed by atoms with E-state index >= 15 is 0 Å². The van der Waals surface area contributed by atoms with Crippen molar-refractivity contribution in [3.63, 3.8) is 0 Å². The van der Waals surface area contributed by atoms with Crippen molar-refractivity contribution in [1.29, 1.82) is 0 Å². The number of hydrogen-bond donors (Lipinski definition) is 0. The van der Waals surface area contributed by atoms with E-state index in [0.717, 1.165) is 21.2 Å². The SMILES string of the molecule is CCOc1cc2c(cc1OCC)[C@H](c1ccc(Br)cc1)OC(=O)C2. The minimum atomic E-state index is -0.427. The van der Waals surface area contributed by atoms with Crippen LogP contribution in [0.2, 0.25) is 0 Å². The van der Waals surface area contributed by atoms with Crippen molar-refractivity contribution < 1.29 is 19.0 Å². The van der Waals surface area contributed by atoms with E-state index in [0.29, 0.717) is 24.7 Å². The molecular formula is C19H19BrO4. The summed E-state index contributed by atoms with van der Waals surface area (Å²) in [4.78, 5) is 12.1. The lowest BCUT2D eigenvalue weighted by Crippen LogP contribution is -2.22. The highest BCUT2D eigenvalue weighted by molar-refractivity contribution is 9.10. The van der Waals surface area contributed by atoms with Crippen LogP contribution in [0.5, 0.6) is 11.5 Å². The number of carbonyl (C=O) groups is 1. The Morgan fingerprint density at radius 1 is 1.08 bits per heavy atom. The molecule has 0 radical (unpaired) electrons. The Balaban J connectivity index is 2.08. The first-order valence-electron chi connectivity index (χ1n) is 7.99. The van der Waals surface area contributed by atoms with Gasteiger partial charge in [0.05, 0.1) is 19.6 Å². The average Bonchev–Trinajstić information content (AvgIpc) is 2.56. The van der Waals surface area contributed by atoms with E-state index in [1.54, 1.807) is 0 Å². The van der Waals surface area contributed by atoms with Crippen LogP contribution in [0.3, 0.4) is 0 Å². The number of fused-ring (bicyclic) bond motifs is 1. The van der Waals surface area contributed by atoms with Crippen molar-refractivity contribution in [3.8, 4) is 11.5 Å². The van der Waals surface area contributed by atoms with Crippen LogP contribution in [0.1, 0.15) is 36.6 Å². The zero-order chi connectivity index (χ0) is 17.1. The highest BCUT2D eigenvalue weighted by Crippen LogP contribution is 2.40. The van der Waals surface area contributed by atoms with Gasteiger partial charge in [0.1, 0.15) is 0 Å². The van der Waals surface area contributed by atoms with Gasteiger partial charge in [-0.2, -0.15) is 0 Å². The molecule has 1 heterocycles. The van der Waals surface area contributed by atoms with Crippen molar-refractivity contribution in [2.45, 2.75) is 26.4 Å². The highest BCUT2D eigenvalue weighted by Gasteiger charge is 2.29. The molecule has 0 spiro atoms. The van der Waals surface area contributed by atoms with Gasteiger partial charge in [0.2, 0.25) is 0 Å². The Bertz CT molecular complexity index is 740. The third-order valence-corrected chi connectivity index (χ3v) is 4.37. The van der Waals surface area contributed by atoms with Gasteiger partial charge >= 0.3 is 5.97 Å². The van der Waals surface area contributed by atoms with Crippen LogP contribution in [0.15, 0.2) is 40.9 Å². The molecule has 2 aromatic carbocycles. The van der Waals surface area contributed by atoms with E-state index in [2.05, 4.69) is 15.9 Å². The molecule has 1 atom stereocenters. The van der Waals surface area contributed by atoms with Crippen molar-refractivity contribution in [1.82, 2.24) is 0 Å². The van der Waals surface area contributed by atoms with Gasteiger partial charge in [0.15, 0.2) is 17.6 Å². The summed E-state index contributed by atoms with van der Waals surface area (Å²) < 4.78 is 18.0. The number of rotatable bonds is 5. The zero-order valence-electron chi connectivity index (χ0n) is 13.7. The molecule has 0 unspecified atom stereocenters. The standard InChI is InChI=1S/C19H19BrO4/c1-3-22-16-9-13-10-18(21)24-19(12-5-7-14(20)8-6-12)15(13)11-17(16)23-4-2/h5-9,11,19H,3-4,10H2,1-2H3/t19-/m0/s1. The van der Waals surface area contributed by atoms with Crippen LogP contribution >= 0.6 is 15.9 Å². The van der Waals surface area contributed by atoms with E-state index in [4.69, 9.17) is 14.2 Å². The second kappa shape index (κ2) is 7.26. The van der Waals surface area contributed by atoms with Crippen LogP contribution in [0.25, 0.3) is 0 Å². The first kappa shape index (κ1) is 16.8. The summed E-state index contributed by atoms with van der Waals surface area (Å²) in [6.45, 7) is 4.94. The van der Waals surface area contributed by atoms with Crippen molar-refractivity contribution >= 4 is 21.9 Å². The minimum Gasteiger partial charge on any atom is -0.490 e. The summed E-state index contributed by atoms with van der Waals surface area (Å²) in [6, 6.07) is 11.6. The molecule has 0 N–H and O–H groups in total. The molecule has 0 aromatic heterocycles. The summed E-state index contributed by atoms with van der Waals surface area (Å²) in [5.41, 5.74) is 2.80. The fourth-order valence-corrected chi connectivity index (χ4v) is 3.09. The lowest BCUT2D eigenvalue weighted by Gasteiger charge is -2.27. The third kappa shape index (κ3) is 3.41. The fourth-order valence-electron chi connectivity index (χ4n) is 2.83. The first-order chi connectivity index (χ1) is 11.6. The van der Waals surface area contributed by atoms with Crippen LogP contribution in [0.4, 0.5) is 0 Å². The minimum absolute atomic E-state index is 0.234. The van der Waals surface area contributed by atoms with Crippen LogP contribution in [-0.2, 0) is 16.0 Å². The quantitative estimate of drug-likeness (QED) is 0.708. The molecule has 0 saturated heterocycles. The first-order valence-corrected chi connectivity index (χ1v) is 8.79. The van der Waals surface area contributed by atoms with Crippen molar-refractivity contribution in [2.24, 2.45) is 0 Å². The molecule has 4 nitrogen and oxygen atoms in total. The largest absolute Gasteiger partial charge is 0.490 e. The van der Waals surface area contributed by atoms with Crippen molar-refractivity contribution in [2.75, 3.05) is 13.2 Å². The topological polar surface area (TPSA) is 44.8 Å². The van der Waals surface area contributed by atoms with E-state index in [-0.39, 0.29) is 12.4 Å². The van der Waals surface area contributed by atoms with Crippen LogP contribution in [0, 0.1) is 0 Å². The lowest BCUT2D eigenvalue weighted by atomic mass is 9.92. The molecule has 3 rings (SSSR count). The maximum absolute atomic E-state index is 12.1. The molecule has 0 fully saturated rings. The smallest absolute Gasteiger partial charge is 0.311 e. The van der Waals surface area contributed by atoms with E-state index in [1.165, 1.54) is 0 Å². The Hall–Kier alpha value is -2.01. The Morgan fingerprint density at radius 3 is 2.33 bits per heavy atom. The predicted octanol–water partition coefficient (Wildman–Crippen LogP) is 4.44. The van der Waals surface area contributed by atoms with Gasteiger partial charge in [-0.25, -0.2) is 0 Å². The summed E-state index contributed by atoms with van der Waals surface area (Å²) in [5, 5.41) is 0. The Kier molecular flexibility index (Phi) is 5.09. The molecule has 0 bridgehead atoms. The van der Waals surface area contributed by atoms with Gasteiger partial charge in [-0.3, -0.25) is 4.79 Å². The zero-order valence-corrected chi connectivity index (χ0v) is 15.3. The maximum atomic E-state index is 12.1. The second-order valence-corrected chi connectivity index (χ2v) is 6.38. The predicted molar refractivity (Wildman–Crippen MR) is 94.6 cm³/mol. The highest BCUT2D eigenvalue weighted by atomic mass is 79.9. The molecule has 126 valence electrons. The Labute approximate surface area is 149 Å². The second-order valence-electron chi connectivity index (χ2n) is 5.46. The van der Waals surface area contributed by atoms with E-state index < -0.39 is 6.10 Å². The number of hydrogen-bond acceptors (Lipinski definition) is 4. The monoisotopic (exact) mass is 390 g/mol. The van der Waals surface area contributed by atoms with Crippen LogP contribution < -0.4 is 9.47 Å². The number of benzene rings is 2. The average molecular weight is 391 g/mol. The van der Waals surface area contributed by atoms with Gasteiger partial charge in [-0.05, 0) is 49.2 Å². The molecule has 2 aromatic rings. The molecule has 0 aliphatic carbocycles. The summed E-state index contributed by atoms with van der Waals surface area (Å²) >= 11 is 3.43. The molecule has 0 amide bonds. The number of carbonyl (C=O) groups excluding carboxylic acids is 1. The number of ether oxygens (including phenoxy) is 3. The van der Waals surface area contributed by atoms with Gasteiger partial charge in [-0.15, -0.1) is 0 Å². The van der Waals surface area contributed by atoms with Gasteiger partial charge in [0.25, 0.3) is 0 Å². The summed E-state index contributed by atoms with van der Waals surface area (Å²) in [5.74, 6) is 1.11. The molecule has 1 aliphatic heterocycles. The number of halogens is 1. The van der Waals surface area contributed by atoms with Gasteiger partial charge in [-0.1, -0.05) is 28.1 Å². The molecule has 5 heteroatoms. The molecule has 24 heavy (non-hydrogen) atoms. The normalized spacial score (nSPS) is 16.3. The number of esters is 1. The molecule has 0 saturated carbocycles. The van der Waals surface area contributed by atoms with Crippen molar-refractivity contribution in [3.05, 3.63) is 57.6 Å². The van der Waals surface area contributed by atoms with E-state index in [9.17, 15) is 4.79 Å². The molecular weight excluding hydrogens is 372 g/mol. The van der Waals surface area contributed by atoms with Gasteiger partial charge < -0.3 is 14.2 Å². The van der Waals surface area contributed by atoms with E-state index in [1.807, 2.05) is 50.2 Å². The lowest BCUT2D eigenvalue weighted by molar-refractivity contribution is -0.148. The van der Waals surface area contributed by atoms with Gasteiger partial charge in [0, 0.05) is 10.0 Å². The number of cyclic esters (lactones) is 1. The molecule has 1 aliphatic rings. The Morgan fingerprint density at radius 2 is 1.71 bits per heavy atom. The summed E-state index contributed by atoms with van der Waals surface area (Å²) in [6.07, 6.45) is -0.182. The van der Waals surface area contributed by atoms with Crippen LogP contribution in [-0.4, -0.2) is 19.2 Å². The fraction of sp³-hybridized carbons (Fsp3) is 0.316. The third-order valence-electron chi connectivity index (χ3n) is 3.84. The maximum Gasteiger partial charge on any atom is 0.311 e. The summed E-state index contributed by atoms with van der Waals surface area (Å²) in [7, 11) is 0.